The maximum atomic E-state index is 9.53. The van der Waals surface area contributed by atoms with Gasteiger partial charge in [0.2, 0.25) is 0 Å². The molecule has 183 valence electrons. The van der Waals surface area contributed by atoms with Crippen LogP contribution in [-0.2, 0) is 55.0 Å². The Morgan fingerprint density at radius 2 is 1.74 bits per heavy atom. The Labute approximate surface area is 229 Å². The molecule has 0 saturated carbocycles. The Balaban J connectivity index is 0.00000137. The molecule has 1 fully saturated rings. The van der Waals surface area contributed by atoms with Crippen molar-refractivity contribution in [2.75, 3.05) is 26.4 Å². The van der Waals surface area contributed by atoms with Crippen LogP contribution in [0.1, 0.15) is 55.9 Å². The number of benzene rings is 2. The summed E-state index contributed by atoms with van der Waals surface area (Å²) < 4.78 is 17.2. The van der Waals surface area contributed by atoms with E-state index in [9.17, 15) is 5.26 Å². The van der Waals surface area contributed by atoms with Crippen LogP contribution in [-0.4, -0.2) is 42.9 Å². The van der Waals surface area contributed by atoms with Gasteiger partial charge >= 0.3 is 0 Å². The van der Waals surface area contributed by atoms with Gasteiger partial charge in [0.25, 0.3) is 0 Å². The van der Waals surface area contributed by atoms with E-state index in [4.69, 9.17) is 25.1 Å². The largest absolute Gasteiger partial charge is 0.668 e. The standard InChI is InChI=1S/C25H31N2O3.C2H6O.Y/c1-19-6-4-7-20(14-19)8-5-13-28-23-10-9-21(15-22(23)16-26)11-12-25(27)17-29-24(2,3)30-18-25;1-2-3;/h4,6-7,9-10,14-15,27H,5,8,11-13,17-18H2,1-3H3;3H,2H2,1H3;/q-1;;. The number of aliphatic hydroxyl groups is 1. The molecule has 1 saturated heterocycles. The van der Waals surface area contributed by atoms with Crippen molar-refractivity contribution in [1.29, 1.82) is 5.26 Å². The zero-order valence-corrected chi connectivity index (χ0v) is 23.7. The molecule has 34 heavy (non-hydrogen) atoms. The van der Waals surface area contributed by atoms with Crippen LogP contribution in [0.2, 0.25) is 0 Å². The van der Waals surface area contributed by atoms with E-state index in [2.05, 4.69) is 37.3 Å². The molecule has 0 atom stereocenters. The number of hydrogen-bond donors (Lipinski definition) is 1. The molecule has 1 heterocycles. The van der Waals surface area contributed by atoms with Crippen molar-refractivity contribution in [2.45, 2.75) is 64.7 Å². The van der Waals surface area contributed by atoms with Crippen molar-refractivity contribution in [2.24, 2.45) is 0 Å². The minimum Gasteiger partial charge on any atom is -0.668 e. The molecule has 2 aromatic carbocycles. The molecule has 2 N–H and O–H groups in total. The Morgan fingerprint density at radius 1 is 1.09 bits per heavy atom. The predicted molar refractivity (Wildman–Crippen MR) is 130 cm³/mol. The van der Waals surface area contributed by atoms with Gasteiger partial charge in [-0.2, -0.15) is 5.26 Å². The van der Waals surface area contributed by atoms with Crippen LogP contribution in [0.25, 0.3) is 5.73 Å². The number of aliphatic hydroxyl groups excluding tert-OH is 1. The number of nitriles is 1. The molecule has 0 aromatic heterocycles. The smallest absolute Gasteiger partial charge is 0.162 e. The average molecular weight is 543 g/mol. The molecule has 1 aliphatic heterocycles. The van der Waals surface area contributed by atoms with Crippen molar-refractivity contribution < 1.29 is 52.0 Å². The Hall–Kier alpha value is -1.33. The number of aryl methyl sites for hydroxylation is 3. The van der Waals surface area contributed by atoms with Crippen LogP contribution in [0.5, 0.6) is 5.75 Å². The van der Waals surface area contributed by atoms with E-state index in [1.165, 1.54) is 11.1 Å². The molecule has 1 aliphatic rings. The minimum absolute atomic E-state index is 0. The van der Waals surface area contributed by atoms with Gasteiger partial charge in [-0.3, -0.25) is 0 Å². The summed E-state index contributed by atoms with van der Waals surface area (Å²) >= 11 is 0. The summed E-state index contributed by atoms with van der Waals surface area (Å²) in [5.41, 5.74) is 11.9. The minimum atomic E-state index is -0.757. The zero-order chi connectivity index (χ0) is 24.3. The van der Waals surface area contributed by atoms with Crippen LogP contribution in [0.3, 0.4) is 0 Å². The molecule has 0 aliphatic carbocycles. The van der Waals surface area contributed by atoms with Gasteiger partial charge in [0.15, 0.2) is 5.79 Å². The maximum absolute atomic E-state index is 9.53. The maximum Gasteiger partial charge on any atom is 0.162 e. The second-order valence-corrected chi connectivity index (χ2v) is 8.96. The molecule has 3 rings (SSSR count). The number of ether oxygens (including phenoxy) is 3. The fourth-order valence-electron chi connectivity index (χ4n) is 3.51. The Morgan fingerprint density at radius 3 is 2.35 bits per heavy atom. The van der Waals surface area contributed by atoms with Crippen molar-refractivity contribution in [3.8, 4) is 11.8 Å². The topological polar surface area (TPSA) is 95.5 Å². The van der Waals surface area contributed by atoms with E-state index >= 15 is 0 Å². The molecule has 0 unspecified atom stereocenters. The SMILES string of the molecule is CCO.Cc1cccc(CCCOc2ccc(CCC3([NH-])COC(C)(C)OC3)cc2C#N)c1.[Y]. The van der Waals surface area contributed by atoms with Crippen molar-refractivity contribution >= 4 is 0 Å². The van der Waals surface area contributed by atoms with Crippen molar-refractivity contribution in [3.63, 3.8) is 0 Å². The van der Waals surface area contributed by atoms with Crippen molar-refractivity contribution in [1.82, 2.24) is 0 Å². The van der Waals surface area contributed by atoms with E-state index in [1.807, 2.05) is 32.0 Å². The number of nitrogens with one attached hydrogen (secondary N) is 1. The quantitative estimate of drug-likeness (QED) is 0.452. The fourth-order valence-corrected chi connectivity index (χ4v) is 3.51. The van der Waals surface area contributed by atoms with Gasteiger partial charge in [0, 0.05) is 52.5 Å². The van der Waals surface area contributed by atoms with Gasteiger partial charge in [0.05, 0.1) is 12.2 Å². The first-order chi connectivity index (χ1) is 15.7. The van der Waals surface area contributed by atoms with Gasteiger partial charge in [-0.25, -0.2) is 0 Å². The molecule has 2 aromatic rings. The second kappa shape index (κ2) is 14.9. The summed E-state index contributed by atoms with van der Waals surface area (Å²) in [4.78, 5) is 0. The molecule has 1 radical (unpaired) electrons. The monoisotopic (exact) mass is 542 g/mol. The molecule has 0 bridgehead atoms. The summed E-state index contributed by atoms with van der Waals surface area (Å²) in [6, 6.07) is 16.5. The molecular formula is C27H37N2O4Y-. The second-order valence-electron chi connectivity index (χ2n) is 8.96. The summed E-state index contributed by atoms with van der Waals surface area (Å²) in [5, 5.41) is 17.1. The van der Waals surface area contributed by atoms with E-state index in [0.29, 0.717) is 44.0 Å². The summed E-state index contributed by atoms with van der Waals surface area (Å²) in [7, 11) is 0. The number of rotatable bonds is 8. The molecule has 6 nitrogen and oxygen atoms in total. The third-order valence-electron chi connectivity index (χ3n) is 5.40. The van der Waals surface area contributed by atoms with Crippen LogP contribution in [0.15, 0.2) is 42.5 Å². The van der Waals surface area contributed by atoms with Crippen LogP contribution < -0.4 is 4.74 Å². The predicted octanol–water partition coefficient (Wildman–Crippen LogP) is 5.38. The zero-order valence-electron chi connectivity index (χ0n) is 20.9. The average Bonchev–Trinajstić information content (AvgIpc) is 2.79. The molecule has 7 heteroatoms. The van der Waals surface area contributed by atoms with E-state index in [1.54, 1.807) is 6.92 Å². The van der Waals surface area contributed by atoms with Crippen LogP contribution in [0.4, 0.5) is 0 Å². The Kier molecular flexibility index (Phi) is 13.5. The third kappa shape index (κ3) is 10.5. The van der Waals surface area contributed by atoms with Gasteiger partial charge < -0.3 is 25.1 Å². The summed E-state index contributed by atoms with van der Waals surface area (Å²) in [6.45, 7) is 9.04. The van der Waals surface area contributed by atoms with E-state index in [-0.39, 0.29) is 39.3 Å². The van der Waals surface area contributed by atoms with Gasteiger partial charge in [-0.15, -0.1) is 0 Å². The molecule has 0 amide bonds. The first-order valence-corrected chi connectivity index (χ1v) is 11.6. The third-order valence-corrected chi connectivity index (χ3v) is 5.40. The Bertz CT molecular complexity index is 917. The first-order valence-electron chi connectivity index (χ1n) is 11.6. The van der Waals surface area contributed by atoms with Gasteiger partial charge in [0.1, 0.15) is 11.8 Å². The van der Waals surface area contributed by atoms with Gasteiger partial charge in [-0.05, 0) is 70.2 Å². The van der Waals surface area contributed by atoms with Crippen LogP contribution in [0, 0.1) is 18.3 Å². The summed E-state index contributed by atoms with van der Waals surface area (Å²) in [6.07, 6.45) is 3.16. The normalized spacial score (nSPS) is 15.8. The fraction of sp³-hybridized carbons (Fsp3) is 0.519. The van der Waals surface area contributed by atoms with Crippen molar-refractivity contribution in [3.05, 3.63) is 70.5 Å². The summed E-state index contributed by atoms with van der Waals surface area (Å²) in [5.74, 6) is 0.00814. The molecular weight excluding hydrogens is 505 g/mol. The number of hydrogen-bond acceptors (Lipinski definition) is 5. The van der Waals surface area contributed by atoms with Crippen LogP contribution >= 0.6 is 0 Å². The van der Waals surface area contributed by atoms with Gasteiger partial charge in [-0.1, -0.05) is 47.9 Å². The molecule has 0 spiro atoms. The van der Waals surface area contributed by atoms with E-state index < -0.39 is 11.3 Å². The number of nitrogens with zero attached hydrogens (tertiary/aromatic N) is 1. The first kappa shape index (κ1) is 30.7. The van der Waals surface area contributed by atoms with E-state index in [0.717, 1.165) is 18.4 Å².